The second-order valence-electron chi connectivity index (χ2n) is 6.14. The molecule has 2 rings (SSSR count). The van der Waals surface area contributed by atoms with Crippen LogP contribution in [0.1, 0.15) is 30.8 Å². The minimum absolute atomic E-state index is 0.0378. The largest absolute Gasteiger partial charge is 0.467 e. The summed E-state index contributed by atoms with van der Waals surface area (Å²) in [5.41, 5.74) is 0.0378. The van der Waals surface area contributed by atoms with Crippen LogP contribution in [0.3, 0.4) is 0 Å². The van der Waals surface area contributed by atoms with Crippen molar-refractivity contribution in [2.24, 2.45) is 5.92 Å². The number of rotatable bonds is 6. The molecule has 0 spiro atoms. The maximum atomic E-state index is 12.6. The van der Waals surface area contributed by atoms with Crippen LogP contribution in [0.2, 0.25) is 5.02 Å². The molecule has 25 heavy (non-hydrogen) atoms. The second kappa shape index (κ2) is 8.96. The highest BCUT2D eigenvalue weighted by Gasteiger charge is 2.26. The molecule has 0 unspecified atom stereocenters. The average Bonchev–Trinajstić information content (AvgIpc) is 2.61. The number of carbonyl (C=O) groups is 2. The average molecular weight is 371 g/mol. The third-order valence-corrected chi connectivity index (χ3v) is 4.02. The fourth-order valence-corrected chi connectivity index (χ4v) is 2.66. The Morgan fingerprint density at radius 2 is 2.08 bits per heavy atom. The summed E-state index contributed by atoms with van der Waals surface area (Å²) in [5.74, 6) is -0.413. The Kier molecular flexibility index (Phi) is 6.95. The summed E-state index contributed by atoms with van der Waals surface area (Å²) < 4.78 is 10.1. The number of amides is 1. The van der Waals surface area contributed by atoms with Crippen LogP contribution in [0, 0.1) is 5.92 Å². The lowest BCUT2D eigenvalue weighted by Crippen LogP contribution is -2.43. The molecule has 1 amide bonds. The van der Waals surface area contributed by atoms with Crippen LogP contribution in [-0.2, 0) is 14.3 Å². The summed E-state index contributed by atoms with van der Waals surface area (Å²) in [6.45, 7) is 6.34. The van der Waals surface area contributed by atoms with Crippen LogP contribution < -0.4 is 10.2 Å². The Balaban J connectivity index is 2.17. The maximum Gasteiger partial charge on any atom is 0.328 e. The zero-order chi connectivity index (χ0) is 18.4. The van der Waals surface area contributed by atoms with Crippen molar-refractivity contribution in [3.63, 3.8) is 0 Å². The van der Waals surface area contributed by atoms with Crippen LogP contribution in [0.4, 0.5) is 5.95 Å². The van der Waals surface area contributed by atoms with E-state index in [0.29, 0.717) is 38.7 Å². The van der Waals surface area contributed by atoms with Gasteiger partial charge in [0.1, 0.15) is 6.04 Å². The van der Waals surface area contributed by atoms with Gasteiger partial charge < -0.3 is 19.7 Å². The molecule has 0 aliphatic carbocycles. The number of aromatic nitrogens is 2. The van der Waals surface area contributed by atoms with Crippen LogP contribution in [0.25, 0.3) is 0 Å². The summed E-state index contributed by atoms with van der Waals surface area (Å²) in [7, 11) is 1.29. The van der Waals surface area contributed by atoms with Gasteiger partial charge in [-0.1, -0.05) is 25.4 Å². The van der Waals surface area contributed by atoms with E-state index in [4.69, 9.17) is 21.1 Å². The van der Waals surface area contributed by atoms with Gasteiger partial charge in [0, 0.05) is 13.1 Å². The lowest BCUT2D eigenvalue weighted by Gasteiger charge is -2.27. The third kappa shape index (κ3) is 5.27. The standard InChI is InChI=1S/C16H23ClN4O4/c1-10(2)8-12(15(23)24-3)19-14(22)13-11(17)9-18-16(20-13)21-4-6-25-7-5-21/h9-10,12H,4-8H2,1-3H3,(H,19,22)/t12-/m1/s1. The van der Waals surface area contributed by atoms with E-state index in [1.165, 1.54) is 13.3 Å². The molecule has 1 aromatic heterocycles. The number of morpholine rings is 1. The maximum absolute atomic E-state index is 12.6. The molecule has 1 N–H and O–H groups in total. The number of nitrogens with one attached hydrogen (secondary N) is 1. The number of hydrogen-bond acceptors (Lipinski definition) is 7. The highest BCUT2D eigenvalue weighted by molar-refractivity contribution is 6.33. The van der Waals surface area contributed by atoms with E-state index in [0.717, 1.165) is 0 Å². The van der Waals surface area contributed by atoms with Crippen LogP contribution in [0.5, 0.6) is 0 Å². The van der Waals surface area contributed by atoms with Gasteiger partial charge in [0.15, 0.2) is 5.69 Å². The number of nitrogens with zero attached hydrogens (tertiary/aromatic N) is 3. The van der Waals surface area contributed by atoms with E-state index in [9.17, 15) is 9.59 Å². The van der Waals surface area contributed by atoms with E-state index >= 15 is 0 Å². The van der Waals surface area contributed by atoms with Crippen molar-refractivity contribution < 1.29 is 19.1 Å². The lowest BCUT2D eigenvalue weighted by molar-refractivity contribution is -0.143. The number of anilines is 1. The molecule has 1 aliphatic rings. The Hall–Kier alpha value is -1.93. The number of esters is 1. The van der Waals surface area contributed by atoms with Gasteiger partial charge in [-0.15, -0.1) is 0 Å². The van der Waals surface area contributed by atoms with Crippen molar-refractivity contribution in [3.05, 3.63) is 16.9 Å². The fourth-order valence-electron chi connectivity index (χ4n) is 2.49. The highest BCUT2D eigenvalue weighted by atomic mass is 35.5. The van der Waals surface area contributed by atoms with Gasteiger partial charge in [-0.3, -0.25) is 4.79 Å². The normalized spacial score (nSPS) is 15.8. The third-order valence-electron chi connectivity index (χ3n) is 3.74. The quantitative estimate of drug-likeness (QED) is 0.754. The van der Waals surface area contributed by atoms with Gasteiger partial charge >= 0.3 is 5.97 Å². The Morgan fingerprint density at radius 1 is 1.40 bits per heavy atom. The van der Waals surface area contributed by atoms with Crippen molar-refractivity contribution in [3.8, 4) is 0 Å². The Labute approximate surface area is 151 Å². The summed E-state index contributed by atoms with van der Waals surface area (Å²) >= 11 is 6.09. The summed E-state index contributed by atoms with van der Waals surface area (Å²) in [6.07, 6.45) is 1.85. The lowest BCUT2D eigenvalue weighted by atomic mass is 10.0. The molecular formula is C16H23ClN4O4. The van der Waals surface area contributed by atoms with Crippen molar-refractivity contribution >= 4 is 29.4 Å². The molecule has 8 nitrogen and oxygen atoms in total. The summed E-state index contributed by atoms with van der Waals surface area (Å²) in [4.78, 5) is 34.8. The second-order valence-corrected chi connectivity index (χ2v) is 6.55. The first-order valence-electron chi connectivity index (χ1n) is 8.16. The first-order chi connectivity index (χ1) is 11.9. The molecular weight excluding hydrogens is 348 g/mol. The molecule has 0 aromatic carbocycles. The van der Waals surface area contributed by atoms with Gasteiger partial charge in [-0.05, 0) is 12.3 Å². The fraction of sp³-hybridized carbons (Fsp3) is 0.625. The molecule has 1 aromatic rings. The van der Waals surface area contributed by atoms with Crippen molar-refractivity contribution in [2.75, 3.05) is 38.3 Å². The number of carbonyl (C=O) groups excluding carboxylic acids is 2. The molecule has 0 saturated carbocycles. The summed E-state index contributed by atoms with van der Waals surface area (Å²) in [5, 5.41) is 2.78. The van der Waals surface area contributed by atoms with Crippen LogP contribution >= 0.6 is 11.6 Å². The van der Waals surface area contributed by atoms with E-state index < -0.39 is 17.9 Å². The van der Waals surface area contributed by atoms with E-state index in [-0.39, 0.29) is 16.6 Å². The van der Waals surface area contributed by atoms with E-state index in [1.54, 1.807) is 0 Å². The molecule has 1 atom stereocenters. The summed E-state index contributed by atoms with van der Waals surface area (Å²) in [6, 6.07) is -0.754. The zero-order valence-corrected chi connectivity index (χ0v) is 15.4. The molecule has 1 fully saturated rings. The monoisotopic (exact) mass is 370 g/mol. The molecule has 138 valence electrons. The number of halogens is 1. The topological polar surface area (TPSA) is 93.6 Å². The number of methoxy groups -OCH3 is 1. The SMILES string of the molecule is COC(=O)[C@@H](CC(C)C)NC(=O)c1nc(N2CCOCC2)ncc1Cl. The zero-order valence-electron chi connectivity index (χ0n) is 14.6. The Bertz CT molecular complexity index is 620. The number of hydrogen-bond donors (Lipinski definition) is 1. The van der Waals surface area contributed by atoms with Gasteiger partial charge in [0.2, 0.25) is 5.95 Å². The molecule has 9 heteroatoms. The highest BCUT2D eigenvalue weighted by Crippen LogP contribution is 2.18. The van der Waals surface area contributed by atoms with Gasteiger partial charge in [0.25, 0.3) is 5.91 Å². The van der Waals surface area contributed by atoms with E-state index in [1.807, 2.05) is 18.7 Å². The minimum atomic E-state index is -0.754. The molecule has 1 saturated heterocycles. The predicted octanol–water partition coefficient (Wildman–Crippen LogP) is 1.28. The molecule has 0 bridgehead atoms. The number of ether oxygens (including phenoxy) is 2. The molecule has 1 aliphatic heterocycles. The van der Waals surface area contributed by atoms with Crippen molar-refractivity contribution in [1.29, 1.82) is 0 Å². The molecule has 2 heterocycles. The van der Waals surface area contributed by atoms with Crippen LogP contribution in [0.15, 0.2) is 6.20 Å². The Morgan fingerprint density at radius 3 is 2.68 bits per heavy atom. The van der Waals surface area contributed by atoms with Gasteiger partial charge in [-0.25, -0.2) is 14.8 Å². The predicted molar refractivity (Wildman–Crippen MR) is 92.8 cm³/mol. The van der Waals surface area contributed by atoms with Gasteiger partial charge in [-0.2, -0.15) is 0 Å². The first-order valence-corrected chi connectivity index (χ1v) is 8.54. The smallest absolute Gasteiger partial charge is 0.328 e. The first kappa shape index (κ1) is 19.4. The van der Waals surface area contributed by atoms with Crippen molar-refractivity contribution in [1.82, 2.24) is 15.3 Å². The van der Waals surface area contributed by atoms with Crippen molar-refractivity contribution in [2.45, 2.75) is 26.3 Å². The molecule has 0 radical (unpaired) electrons. The van der Waals surface area contributed by atoms with Crippen LogP contribution in [-0.4, -0.2) is 61.3 Å². The van der Waals surface area contributed by atoms with E-state index in [2.05, 4.69) is 15.3 Å². The minimum Gasteiger partial charge on any atom is -0.467 e. The van der Waals surface area contributed by atoms with Gasteiger partial charge in [0.05, 0.1) is 31.5 Å².